The van der Waals surface area contributed by atoms with Crippen molar-refractivity contribution in [2.24, 2.45) is 5.73 Å². The van der Waals surface area contributed by atoms with Crippen molar-refractivity contribution in [1.82, 2.24) is 4.68 Å². The molecule has 3 rings (SSSR count). The van der Waals surface area contributed by atoms with E-state index < -0.39 is 15.9 Å². The fourth-order valence-electron chi connectivity index (χ4n) is 2.42. The van der Waals surface area contributed by atoms with Gasteiger partial charge >= 0.3 is 0 Å². The Morgan fingerprint density at radius 3 is 2.58 bits per heavy atom. The third-order valence-corrected chi connectivity index (χ3v) is 5.06. The first-order chi connectivity index (χ1) is 11.3. The number of halogens is 1. The van der Waals surface area contributed by atoms with Gasteiger partial charge < -0.3 is 5.73 Å². The molecule has 0 fully saturated rings. The molecule has 0 saturated heterocycles. The van der Waals surface area contributed by atoms with Crippen LogP contribution in [0.4, 0.5) is 0 Å². The van der Waals surface area contributed by atoms with Crippen molar-refractivity contribution in [2.75, 3.05) is 4.83 Å². The zero-order valence-electron chi connectivity index (χ0n) is 12.7. The van der Waals surface area contributed by atoms with Crippen LogP contribution in [-0.4, -0.2) is 19.0 Å². The second-order valence-electron chi connectivity index (χ2n) is 5.34. The molecule has 0 bridgehead atoms. The largest absolute Gasteiger partial charge is 0.364 e. The SMILES string of the molecule is Cc1cccc(S(=O)(=O)Nn2c(C(N)=O)cc3cc(Cl)ccc32)c1. The van der Waals surface area contributed by atoms with E-state index in [9.17, 15) is 13.2 Å². The Hall–Kier alpha value is -2.51. The van der Waals surface area contributed by atoms with E-state index in [0.29, 0.717) is 15.9 Å². The number of fused-ring (bicyclic) bond motifs is 1. The van der Waals surface area contributed by atoms with Gasteiger partial charge in [-0.25, -0.2) is 9.51 Å². The molecule has 6 nitrogen and oxygen atoms in total. The van der Waals surface area contributed by atoms with E-state index in [-0.39, 0.29) is 10.6 Å². The third kappa shape index (κ3) is 2.95. The maximum Gasteiger partial charge on any atom is 0.275 e. The number of aromatic nitrogens is 1. The molecule has 0 spiro atoms. The normalized spacial score (nSPS) is 11.6. The summed E-state index contributed by atoms with van der Waals surface area (Å²) in [6.07, 6.45) is 0. The number of amides is 1. The second kappa shape index (κ2) is 5.85. The number of nitrogens with zero attached hydrogens (tertiary/aromatic N) is 1. The van der Waals surface area contributed by atoms with Crippen LogP contribution in [0.2, 0.25) is 5.02 Å². The van der Waals surface area contributed by atoms with Crippen LogP contribution < -0.4 is 10.6 Å². The van der Waals surface area contributed by atoms with Crippen molar-refractivity contribution in [2.45, 2.75) is 11.8 Å². The topological polar surface area (TPSA) is 94.2 Å². The maximum absolute atomic E-state index is 12.6. The minimum atomic E-state index is -3.89. The van der Waals surface area contributed by atoms with Gasteiger partial charge in [0.15, 0.2) is 0 Å². The number of sulfonamides is 1. The number of rotatable bonds is 4. The lowest BCUT2D eigenvalue weighted by Crippen LogP contribution is -2.28. The number of carbonyl (C=O) groups excluding carboxylic acids is 1. The molecule has 1 amide bonds. The van der Waals surface area contributed by atoms with Crippen molar-refractivity contribution in [1.29, 1.82) is 0 Å². The number of primary amides is 1. The minimum absolute atomic E-state index is 0.0171. The third-order valence-electron chi connectivity index (χ3n) is 3.53. The first-order valence-corrected chi connectivity index (χ1v) is 8.84. The van der Waals surface area contributed by atoms with Gasteiger partial charge in [-0.2, -0.15) is 8.42 Å². The second-order valence-corrected chi connectivity index (χ2v) is 7.44. The molecule has 3 N–H and O–H groups in total. The van der Waals surface area contributed by atoms with E-state index >= 15 is 0 Å². The summed E-state index contributed by atoms with van der Waals surface area (Å²) < 4.78 is 26.4. The quantitative estimate of drug-likeness (QED) is 0.746. The highest BCUT2D eigenvalue weighted by atomic mass is 35.5. The number of nitrogens with one attached hydrogen (secondary N) is 1. The molecule has 0 radical (unpaired) electrons. The number of aryl methyl sites for hydroxylation is 1. The summed E-state index contributed by atoms with van der Waals surface area (Å²) in [7, 11) is -3.89. The van der Waals surface area contributed by atoms with Crippen molar-refractivity contribution in [3.63, 3.8) is 0 Å². The van der Waals surface area contributed by atoms with Gasteiger partial charge in [-0.1, -0.05) is 23.7 Å². The summed E-state index contributed by atoms with van der Waals surface area (Å²) in [6.45, 7) is 1.79. The van der Waals surface area contributed by atoms with Crippen LogP contribution in [0, 0.1) is 6.92 Å². The minimum Gasteiger partial charge on any atom is -0.364 e. The molecule has 0 saturated carbocycles. The fraction of sp³-hybridized carbons (Fsp3) is 0.0625. The molecule has 1 aromatic heterocycles. The summed E-state index contributed by atoms with van der Waals surface area (Å²) in [4.78, 5) is 14.2. The van der Waals surface area contributed by atoms with Crippen LogP contribution in [0.5, 0.6) is 0 Å². The molecule has 0 unspecified atom stereocenters. The van der Waals surface area contributed by atoms with Gasteiger partial charge in [-0.3, -0.25) is 4.79 Å². The lowest BCUT2D eigenvalue weighted by atomic mass is 10.2. The summed E-state index contributed by atoms with van der Waals surface area (Å²) in [5.74, 6) is -0.755. The molecule has 0 aliphatic heterocycles. The highest BCUT2D eigenvalue weighted by molar-refractivity contribution is 7.92. The Morgan fingerprint density at radius 2 is 1.92 bits per heavy atom. The Bertz CT molecular complexity index is 1060. The zero-order valence-corrected chi connectivity index (χ0v) is 14.2. The number of hydrogen-bond acceptors (Lipinski definition) is 3. The molecule has 8 heteroatoms. The molecule has 0 aliphatic carbocycles. The van der Waals surface area contributed by atoms with Gasteiger partial charge in [-0.15, -0.1) is 0 Å². The van der Waals surface area contributed by atoms with Crippen molar-refractivity contribution in [3.05, 3.63) is 64.8 Å². The fourth-order valence-corrected chi connectivity index (χ4v) is 3.74. The average molecular weight is 364 g/mol. The molecule has 0 atom stereocenters. The van der Waals surface area contributed by atoms with Crippen LogP contribution in [0.3, 0.4) is 0 Å². The highest BCUT2D eigenvalue weighted by Gasteiger charge is 2.20. The van der Waals surface area contributed by atoms with Gasteiger partial charge in [0.05, 0.1) is 10.4 Å². The molecule has 24 heavy (non-hydrogen) atoms. The number of carbonyl (C=O) groups is 1. The Labute approximate surface area is 143 Å². The first kappa shape index (κ1) is 16.4. The van der Waals surface area contributed by atoms with Gasteiger partial charge in [-0.05, 0) is 48.9 Å². The van der Waals surface area contributed by atoms with E-state index in [1.807, 2.05) is 0 Å². The maximum atomic E-state index is 12.6. The lowest BCUT2D eigenvalue weighted by Gasteiger charge is -2.13. The molecule has 2 aromatic carbocycles. The van der Waals surface area contributed by atoms with Crippen LogP contribution in [-0.2, 0) is 10.0 Å². The van der Waals surface area contributed by atoms with Crippen molar-refractivity contribution < 1.29 is 13.2 Å². The van der Waals surface area contributed by atoms with E-state index in [4.69, 9.17) is 17.3 Å². The molecule has 0 aliphatic rings. The Morgan fingerprint density at radius 1 is 1.17 bits per heavy atom. The van der Waals surface area contributed by atoms with E-state index in [1.54, 1.807) is 37.3 Å². The standard InChI is InChI=1S/C16H14ClN3O3S/c1-10-3-2-4-13(7-10)24(22,23)19-20-14-6-5-12(17)8-11(14)9-15(20)16(18)21/h2-9,19H,1H3,(H2,18,21). The molecular formula is C16H14ClN3O3S. The van der Waals surface area contributed by atoms with Crippen molar-refractivity contribution in [3.8, 4) is 0 Å². The average Bonchev–Trinajstić information content (AvgIpc) is 2.84. The van der Waals surface area contributed by atoms with Crippen molar-refractivity contribution >= 4 is 38.4 Å². The van der Waals surface area contributed by atoms with E-state index in [0.717, 1.165) is 10.2 Å². The molecule has 3 aromatic rings. The molecule has 124 valence electrons. The smallest absolute Gasteiger partial charge is 0.275 e. The van der Waals surface area contributed by atoms with Crippen LogP contribution >= 0.6 is 11.6 Å². The van der Waals surface area contributed by atoms with Gasteiger partial charge in [0.2, 0.25) is 0 Å². The summed E-state index contributed by atoms with van der Waals surface area (Å²) >= 11 is 5.94. The van der Waals surface area contributed by atoms with Crippen LogP contribution in [0.25, 0.3) is 10.9 Å². The Kier molecular flexibility index (Phi) is 3.98. The van der Waals surface area contributed by atoms with E-state index in [1.165, 1.54) is 18.2 Å². The number of nitrogens with two attached hydrogens (primary N) is 1. The van der Waals surface area contributed by atoms with Crippen LogP contribution in [0.1, 0.15) is 16.1 Å². The predicted octanol–water partition coefficient (Wildman–Crippen LogP) is 2.63. The summed E-state index contributed by atoms with van der Waals surface area (Å²) in [5, 5.41) is 1.07. The van der Waals surface area contributed by atoms with E-state index in [2.05, 4.69) is 4.83 Å². The molecular weight excluding hydrogens is 350 g/mol. The predicted molar refractivity (Wildman–Crippen MR) is 93.2 cm³/mol. The summed E-state index contributed by atoms with van der Waals surface area (Å²) in [6, 6.07) is 12.8. The highest BCUT2D eigenvalue weighted by Crippen LogP contribution is 2.24. The first-order valence-electron chi connectivity index (χ1n) is 6.98. The number of benzene rings is 2. The number of hydrogen-bond donors (Lipinski definition) is 2. The van der Waals surface area contributed by atoms with Crippen LogP contribution in [0.15, 0.2) is 53.4 Å². The summed E-state index contributed by atoms with van der Waals surface area (Å²) in [5.41, 5.74) is 6.67. The lowest BCUT2D eigenvalue weighted by molar-refractivity contribution is 0.0993. The van der Waals surface area contributed by atoms with Gasteiger partial charge in [0.25, 0.3) is 15.9 Å². The zero-order chi connectivity index (χ0) is 17.5. The molecule has 1 heterocycles. The Balaban J connectivity index is 2.15. The monoisotopic (exact) mass is 363 g/mol. The van der Waals surface area contributed by atoms with Gasteiger partial charge in [0, 0.05) is 10.4 Å². The van der Waals surface area contributed by atoms with Gasteiger partial charge in [0.1, 0.15) is 5.69 Å².